The summed E-state index contributed by atoms with van der Waals surface area (Å²) in [5, 5.41) is 0.228. The van der Waals surface area contributed by atoms with Crippen molar-refractivity contribution < 1.29 is 17.9 Å². The Labute approximate surface area is 114 Å². The number of nitrogens with zero attached hydrogens (tertiary/aromatic N) is 2. The summed E-state index contributed by atoms with van der Waals surface area (Å²) in [6.45, 7) is 2.54. The summed E-state index contributed by atoms with van der Waals surface area (Å²) in [6.07, 6.45) is -6.22. The van der Waals surface area contributed by atoms with E-state index in [0.29, 0.717) is 6.54 Å². The first-order valence-electron chi connectivity index (χ1n) is 5.82. The van der Waals surface area contributed by atoms with E-state index < -0.39 is 18.7 Å². The van der Waals surface area contributed by atoms with Crippen molar-refractivity contribution in [3.05, 3.63) is 22.3 Å². The van der Waals surface area contributed by atoms with Crippen LogP contribution in [0.15, 0.2) is 6.07 Å². The molecule has 0 bridgehead atoms. The van der Waals surface area contributed by atoms with Gasteiger partial charge in [-0.15, -0.1) is 0 Å². The number of hydrogen-bond donors (Lipinski definition) is 0. The van der Waals surface area contributed by atoms with E-state index in [9.17, 15) is 13.2 Å². The second kappa shape index (κ2) is 5.17. The van der Waals surface area contributed by atoms with E-state index in [1.807, 2.05) is 6.92 Å². The molecule has 1 aromatic heterocycles. The Bertz CT molecular complexity index is 479. The van der Waals surface area contributed by atoms with Crippen molar-refractivity contribution in [3.8, 4) is 5.88 Å². The molecule has 0 aromatic carbocycles. The summed E-state index contributed by atoms with van der Waals surface area (Å²) < 4.78 is 42.9. The first-order chi connectivity index (χ1) is 8.74. The third kappa shape index (κ3) is 3.73. The average Bonchev–Trinajstić information content (AvgIpc) is 2.33. The van der Waals surface area contributed by atoms with Crippen molar-refractivity contribution in [2.24, 2.45) is 0 Å². The molecular formula is C12H14ClF3N2O. The molecule has 1 atom stereocenters. The monoisotopic (exact) mass is 294 g/mol. The summed E-state index contributed by atoms with van der Waals surface area (Å²) in [6, 6.07) is 1.68. The molecule has 0 saturated carbocycles. The largest absolute Gasteiger partial charge is 0.472 e. The van der Waals surface area contributed by atoms with Crippen LogP contribution in [0, 0.1) is 6.92 Å². The highest BCUT2D eigenvalue weighted by atomic mass is 35.5. The van der Waals surface area contributed by atoms with Crippen LogP contribution >= 0.6 is 11.6 Å². The zero-order valence-electron chi connectivity index (χ0n) is 10.6. The van der Waals surface area contributed by atoms with Gasteiger partial charge in [0.1, 0.15) is 11.3 Å². The fraction of sp³-hybridized carbons (Fsp3) is 0.583. The van der Waals surface area contributed by atoms with Crippen molar-refractivity contribution >= 4 is 11.6 Å². The zero-order chi connectivity index (χ0) is 14.2. The van der Waals surface area contributed by atoms with E-state index in [-0.39, 0.29) is 17.6 Å². The molecule has 0 unspecified atom stereocenters. The molecule has 1 aliphatic rings. The van der Waals surface area contributed by atoms with Gasteiger partial charge in [0.15, 0.2) is 0 Å². The molecule has 2 rings (SSSR count). The predicted octanol–water partition coefficient (Wildman–Crippen LogP) is 3.19. The maximum absolute atomic E-state index is 12.5. The number of aryl methyl sites for hydroxylation is 1. The van der Waals surface area contributed by atoms with Gasteiger partial charge in [0, 0.05) is 18.7 Å². The van der Waals surface area contributed by atoms with Gasteiger partial charge in [0.2, 0.25) is 5.88 Å². The topological polar surface area (TPSA) is 25.4 Å². The first kappa shape index (κ1) is 14.4. The van der Waals surface area contributed by atoms with Crippen LogP contribution in [0.25, 0.3) is 0 Å². The Morgan fingerprint density at radius 1 is 1.53 bits per heavy atom. The number of pyridine rings is 1. The van der Waals surface area contributed by atoms with Gasteiger partial charge in [-0.05, 0) is 25.6 Å². The third-order valence-electron chi connectivity index (χ3n) is 2.96. The Kier molecular flexibility index (Phi) is 3.92. The average molecular weight is 295 g/mol. The van der Waals surface area contributed by atoms with Crippen LogP contribution in [0.1, 0.15) is 17.5 Å². The van der Waals surface area contributed by atoms with Crippen LogP contribution in [0.2, 0.25) is 5.15 Å². The van der Waals surface area contributed by atoms with E-state index in [1.54, 1.807) is 18.0 Å². The van der Waals surface area contributed by atoms with Gasteiger partial charge in [0.05, 0.1) is 6.42 Å². The lowest BCUT2D eigenvalue weighted by molar-refractivity contribution is -0.151. The standard InChI is InChI=1S/C12H14ClF3N2O/c1-7-3-10(13)17-11-9(7)6-18(2)5-8(19-11)4-12(14,15)16/h3,8H,4-6H2,1-2H3/t8-/m1/s1. The van der Waals surface area contributed by atoms with Crippen LogP contribution in [0.3, 0.4) is 0 Å². The Morgan fingerprint density at radius 2 is 2.21 bits per heavy atom. The summed E-state index contributed by atoms with van der Waals surface area (Å²) in [4.78, 5) is 5.79. The molecule has 0 saturated heterocycles. The molecule has 0 fully saturated rings. The van der Waals surface area contributed by atoms with E-state index in [2.05, 4.69) is 4.98 Å². The maximum atomic E-state index is 12.5. The molecule has 2 heterocycles. The number of rotatable bonds is 1. The summed E-state index contributed by atoms with van der Waals surface area (Å²) in [7, 11) is 1.76. The van der Waals surface area contributed by atoms with Gasteiger partial charge in [-0.2, -0.15) is 13.2 Å². The highest BCUT2D eigenvalue weighted by Crippen LogP contribution is 2.31. The normalized spacial score (nSPS) is 20.6. The molecule has 3 nitrogen and oxygen atoms in total. The molecule has 0 aliphatic carbocycles. The minimum absolute atomic E-state index is 0.201. The molecule has 0 spiro atoms. The number of halogens is 4. The third-order valence-corrected chi connectivity index (χ3v) is 3.15. The van der Waals surface area contributed by atoms with E-state index in [0.717, 1.165) is 11.1 Å². The van der Waals surface area contributed by atoms with Crippen LogP contribution in [-0.2, 0) is 6.54 Å². The van der Waals surface area contributed by atoms with Gasteiger partial charge in [-0.25, -0.2) is 4.98 Å². The SMILES string of the molecule is Cc1cc(Cl)nc2c1CN(C)C[C@@H](CC(F)(F)F)O2. The van der Waals surface area contributed by atoms with Crippen molar-refractivity contribution in [1.82, 2.24) is 9.88 Å². The number of ether oxygens (including phenoxy) is 1. The van der Waals surface area contributed by atoms with Crippen LogP contribution in [-0.4, -0.2) is 35.8 Å². The van der Waals surface area contributed by atoms with E-state index in [1.165, 1.54) is 0 Å². The molecule has 0 N–H and O–H groups in total. The van der Waals surface area contributed by atoms with Gasteiger partial charge in [-0.1, -0.05) is 11.6 Å². The van der Waals surface area contributed by atoms with Gasteiger partial charge < -0.3 is 4.74 Å². The minimum Gasteiger partial charge on any atom is -0.472 e. The van der Waals surface area contributed by atoms with Crippen molar-refractivity contribution in [2.45, 2.75) is 32.2 Å². The molecular weight excluding hydrogens is 281 g/mol. The lowest BCUT2D eigenvalue weighted by Crippen LogP contribution is -2.34. The lowest BCUT2D eigenvalue weighted by Gasteiger charge is -2.20. The van der Waals surface area contributed by atoms with Crippen molar-refractivity contribution in [2.75, 3.05) is 13.6 Å². The Hall–Kier alpha value is -1.01. The lowest BCUT2D eigenvalue weighted by atomic mass is 10.1. The number of fused-ring (bicyclic) bond motifs is 1. The quantitative estimate of drug-likeness (QED) is 0.744. The zero-order valence-corrected chi connectivity index (χ0v) is 11.3. The first-order valence-corrected chi connectivity index (χ1v) is 6.20. The molecule has 19 heavy (non-hydrogen) atoms. The highest BCUT2D eigenvalue weighted by molar-refractivity contribution is 6.29. The van der Waals surface area contributed by atoms with Crippen molar-refractivity contribution in [3.63, 3.8) is 0 Å². The van der Waals surface area contributed by atoms with Gasteiger partial charge >= 0.3 is 6.18 Å². The van der Waals surface area contributed by atoms with Crippen LogP contribution in [0.5, 0.6) is 5.88 Å². The van der Waals surface area contributed by atoms with Crippen LogP contribution < -0.4 is 4.74 Å². The maximum Gasteiger partial charge on any atom is 0.392 e. The van der Waals surface area contributed by atoms with Gasteiger partial charge in [-0.3, -0.25) is 4.90 Å². The number of alkyl halides is 3. The number of hydrogen-bond acceptors (Lipinski definition) is 3. The number of likely N-dealkylation sites (N-methyl/N-ethyl adjacent to an activating group) is 1. The van der Waals surface area contributed by atoms with Crippen LogP contribution in [0.4, 0.5) is 13.2 Å². The predicted molar refractivity (Wildman–Crippen MR) is 65.4 cm³/mol. The molecule has 0 amide bonds. The van der Waals surface area contributed by atoms with Crippen molar-refractivity contribution in [1.29, 1.82) is 0 Å². The molecule has 1 aliphatic heterocycles. The Morgan fingerprint density at radius 3 is 2.84 bits per heavy atom. The van der Waals surface area contributed by atoms with E-state index in [4.69, 9.17) is 16.3 Å². The molecule has 7 heteroatoms. The smallest absolute Gasteiger partial charge is 0.392 e. The minimum atomic E-state index is -4.26. The van der Waals surface area contributed by atoms with E-state index >= 15 is 0 Å². The van der Waals surface area contributed by atoms with Gasteiger partial charge in [0.25, 0.3) is 0 Å². The second-order valence-electron chi connectivity index (χ2n) is 4.80. The highest BCUT2D eigenvalue weighted by Gasteiger charge is 2.35. The molecule has 106 valence electrons. The molecule has 1 aromatic rings. The fourth-order valence-corrected chi connectivity index (χ4v) is 2.40. The summed E-state index contributed by atoms with van der Waals surface area (Å²) in [5.41, 5.74) is 1.66. The fourth-order valence-electron chi connectivity index (χ4n) is 2.16. The second-order valence-corrected chi connectivity index (χ2v) is 5.19. The summed E-state index contributed by atoms with van der Waals surface area (Å²) in [5.74, 6) is 0.212. The number of aromatic nitrogens is 1. The summed E-state index contributed by atoms with van der Waals surface area (Å²) >= 11 is 5.83. The molecule has 0 radical (unpaired) electrons. The Balaban J connectivity index is 2.30.